The molecule has 0 heterocycles. The third-order valence-corrected chi connectivity index (χ3v) is 4.94. The van der Waals surface area contributed by atoms with E-state index >= 15 is 0 Å². The molecule has 17 heavy (non-hydrogen) atoms. The molecule has 2 aliphatic rings. The summed E-state index contributed by atoms with van der Waals surface area (Å²) in [6, 6.07) is 0. The molecule has 0 amide bonds. The topological polar surface area (TPSA) is 37.3 Å². The van der Waals surface area contributed by atoms with E-state index in [9.17, 15) is 4.79 Å². The Balaban J connectivity index is 2.08. The van der Waals surface area contributed by atoms with Crippen LogP contribution in [0.3, 0.4) is 0 Å². The SMILES string of the molecule is C=C(CC1(C2CCCCC2)CCCC1)C(=O)O. The van der Waals surface area contributed by atoms with Gasteiger partial charge >= 0.3 is 5.97 Å². The van der Waals surface area contributed by atoms with Gasteiger partial charge in [-0.3, -0.25) is 0 Å². The van der Waals surface area contributed by atoms with Gasteiger partial charge < -0.3 is 5.11 Å². The molecule has 0 aromatic carbocycles. The van der Waals surface area contributed by atoms with Gasteiger partial charge in [0.2, 0.25) is 0 Å². The van der Waals surface area contributed by atoms with Crippen molar-refractivity contribution in [3.63, 3.8) is 0 Å². The molecule has 0 unspecified atom stereocenters. The molecule has 0 bridgehead atoms. The Bertz CT molecular complexity index is 294. The van der Waals surface area contributed by atoms with Gasteiger partial charge in [-0.1, -0.05) is 38.7 Å². The highest BCUT2D eigenvalue weighted by Gasteiger charge is 2.42. The van der Waals surface area contributed by atoms with E-state index in [-0.39, 0.29) is 5.41 Å². The second-order valence-corrected chi connectivity index (χ2v) is 5.99. The molecule has 2 fully saturated rings. The molecule has 0 spiro atoms. The highest BCUT2D eigenvalue weighted by molar-refractivity contribution is 5.85. The summed E-state index contributed by atoms with van der Waals surface area (Å²) in [6.45, 7) is 3.76. The Labute approximate surface area is 104 Å². The lowest BCUT2D eigenvalue weighted by Crippen LogP contribution is -2.31. The zero-order valence-electron chi connectivity index (χ0n) is 10.7. The lowest BCUT2D eigenvalue weighted by atomic mass is 9.65. The Kier molecular flexibility index (Phi) is 3.90. The average molecular weight is 236 g/mol. The summed E-state index contributed by atoms with van der Waals surface area (Å²) < 4.78 is 0. The van der Waals surface area contributed by atoms with Crippen LogP contribution in [0.1, 0.15) is 64.2 Å². The first-order valence-electron chi connectivity index (χ1n) is 7.05. The number of rotatable bonds is 4. The summed E-state index contributed by atoms with van der Waals surface area (Å²) in [5.74, 6) is -0.0399. The second kappa shape index (κ2) is 5.24. The summed E-state index contributed by atoms with van der Waals surface area (Å²) >= 11 is 0. The number of aliphatic carboxylic acids is 1. The first kappa shape index (κ1) is 12.7. The third-order valence-electron chi connectivity index (χ3n) is 4.94. The van der Waals surface area contributed by atoms with Crippen molar-refractivity contribution in [3.8, 4) is 0 Å². The monoisotopic (exact) mass is 236 g/mol. The maximum absolute atomic E-state index is 11.0. The maximum Gasteiger partial charge on any atom is 0.330 e. The molecule has 96 valence electrons. The quantitative estimate of drug-likeness (QED) is 0.744. The first-order chi connectivity index (χ1) is 8.14. The Morgan fingerprint density at radius 3 is 2.24 bits per heavy atom. The summed E-state index contributed by atoms with van der Waals surface area (Å²) in [7, 11) is 0. The van der Waals surface area contributed by atoms with E-state index in [4.69, 9.17) is 5.11 Å². The molecule has 1 N–H and O–H groups in total. The number of carboxylic acids is 1. The minimum absolute atomic E-state index is 0.288. The summed E-state index contributed by atoms with van der Waals surface area (Å²) in [5, 5.41) is 9.06. The van der Waals surface area contributed by atoms with E-state index in [2.05, 4.69) is 6.58 Å². The van der Waals surface area contributed by atoms with Crippen LogP contribution < -0.4 is 0 Å². The predicted molar refractivity (Wildman–Crippen MR) is 68.9 cm³/mol. The van der Waals surface area contributed by atoms with Gasteiger partial charge in [-0.25, -0.2) is 4.79 Å². The Hall–Kier alpha value is -0.790. The minimum atomic E-state index is -0.799. The van der Waals surface area contributed by atoms with Crippen molar-refractivity contribution in [1.82, 2.24) is 0 Å². The number of hydrogen-bond donors (Lipinski definition) is 1. The second-order valence-electron chi connectivity index (χ2n) is 5.99. The van der Waals surface area contributed by atoms with Crippen molar-refractivity contribution in [2.75, 3.05) is 0 Å². The molecule has 0 radical (unpaired) electrons. The average Bonchev–Trinajstić information content (AvgIpc) is 2.80. The molecule has 2 aliphatic carbocycles. The molecule has 2 heteroatoms. The molecule has 0 saturated heterocycles. The Morgan fingerprint density at radius 2 is 1.71 bits per heavy atom. The van der Waals surface area contributed by atoms with Gasteiger partial charge in [0.1, 0.15) is 0 Å². The molecular weight excluding hydrogens is 212 g/mol. The predicted octanol–water partition coefficient (Wildman–Crippen LogP) is 4.16. The fourth-order valence-corrected chi connectivity index (χ4v) is 4.02. The molecular formula is C15H24O2. The van der Waals surface area contributed by atoms with Crippen LogP contribution >= 0.6 is 0 Å². The molecule has 0 aromatic rings. The fraction of sp³-hybridized carbons (Fsp3) is 0.800. The van der Waals surface area contributed by atoms with Gasteiger partial charge in [-0.15, -0.1) is 0 Å². The van der Waals surface area contributed by atoms with Crippen LogP contribution in [0.4, 0.5) is 0 Å². The van der Waals surface area contributed by atoms with Crippen molar-refractivity contribution in [2.24, 2.45) is 11.3 Å². The van der Waals surface area contributed by atoms with Crippen molar-refractivity contribution >= 4 is 5.97 Å². The standard InChI is InChI=1S/C15H24O2/c1-12(14(16)17)11-15(9-5-6-10-15)13-7-3-2-4-8-13/h13H,1-11H2,(H,16,17). The first-order valence-corrected chi connectivity index (χ1v) is 7.05. The molecule has 0 aromatic heterocycles. The van der Waals surface area contributed by atoms with Gasteiger partial charge in [0.15, 0.2) is 0 Å². The van der Waals surface area contributed by atoms with Crippen LogP contribution in [-0.2, 0) is 4.79 Å². The van der Waals surface area contributed by atoms with Crippen molar-refractivity contribution in [1.29, 1.82) is 0 Å². The summed E-state index contributed by atoms with van der Waals surface area (Å²) in [5.41, 5.74) is 0.716. The van der Waals surface area contributed by atoms with Gasteiger partial charge in [0, 0.05) is 5.57 Å². The van der Waals surface area contributed by atoms with E-state index in [1.165, 1.54) is 57.8 Å². The number of carboxylic acid groups (broad SMARTS) is 1. The van der Waals surface area contributed by atoms with E-state index in [0.717, 1.165) is 12.3 Å². The van der Waals surface area contributed by atoms with E-state index in [0.29, 0.717) is 5.57 Å². The minimum Gasteiger partial charge on any atom is -0.478 e. The van der Waals surface area contributed by atoms with Crippen LogP contribution in [0.25, 0.3) is 0 Å². The van der Waals surface area contributed by atoms with Crippen LogP contribution in [0, 0.1) is 11.3 Å². The van der Waals surface area contributed by atoms with Gasteiger partial charge in [0.25, 0.3) is 0 Å². The largest absolute Gasteiger partial charge is 0.478 e. The summed E-state index contributed by atoms with van der Waals surface area (Å²) in [6.07, 6.45) is 12.4. The van der Waals surface area contributed by atoms with Crippen molar-refractivity contribution in [3.05, 3.63) is 12.2 Å². The van der Waals surface area contributed by atoms with Gasteiger partial charge in [0.05, 0.1) is 0 Å². The normalized spacial score (nSPS) is 24.7. The van der Waals surface area contributed by atoms with Crippen LogP contribution in [0.2, 0.25) is 0 Å². The van der Waals surface area contributed by atoms with Crippen molar-refractivity contribution < 1.29 is 9.90 Å². The summed E-state index contributed by atoms with van der Waals surface area (Å²) in [4.78, 5) is 11.0. The van der Waals surface area contributed by atoms with Crippen LogP contribution in [-0.4, -0.2) is 11.1 Å². The molecule has 2 nitrogen and oxygen atoms in total. The van der Waals surface area contributed by atoms with Crippen LogP contribution in [0.5, 0.6) is 0 Å². The van der Waals surface area contributed by atoms with Crippen molar-refractivity contribution in [2.45, 2.75) is 64.2 Å². The fourth-order valence-electron chi connectivity index (χ4n) is 4.02. The third kappa shape index (κ3) is 2.72. The number of carbonyl (C=O) groups is 1. The van der Waals surface area contributed by atoms with E-state index < -0.39 is 5.97 Å². The Morgan fingerprint density at radius 1 is 1.12 bits per heavy atom. The number of hydrogen-bond acceptors (Lipinski definition) is 1. The molecule has 2 saturated carbocycles. The molecule has 0 aliphatic heterocycles. The smallest absolute Gasteiger partial charge is 0.330 e. The lowest BCUT2D eigenvalue weighted by molar-refractivity contribution is -0.133. The zero-order valence-corrected chi connectivity index (χ0v) is 10.7. The lowest BCUT2D eigenvalue weighted by Gasteiger charge is -2.40. The highest BCUT2D eigenvalue weighted by atomic mass is 16.4. The molecule has 2 rings (SSSR count). The highest BCUT2D eigenvalue weighted by Crippen LogP contribution is 2.53. The van der Waals surface area contributed by atoms with E-state index in [1.807, 2.05) is 0 Å². The van der Waals surface area contributed by atoms with Gasteiger partial charge in [-0.05, 0) is 43.4 Å². The molecule has 0 atom stereocenters. The maximum atomic E-state index is 11.0. The van der Waals surface area contributed by atoms with Crippen LogP contribution in [0.15, 0.2) is 12.2 Å². The van der Waals surface area contributed by atoms with E-state index in [1.54, 1.807) is 0 Å². The van der Waals surface area contributed by atoms with Gasteiger partial charge in [-0.2, -0.15) is 0 Å². The zero-order chi connectivity index (χ0) is 12.3.